The number of rotatable bonds is 6. The molecule has 3 aromatic rings. The Kier molecular flexibility index (Phi) is 5.55. The van der Waals surface area contributed by atoms with Gasteiger partial charge in [0, 0.05) is 30.4 Å². The summed E-state index contributed by atoms with van der Waals surface area (Å²) in [6.07, 6.45) is 3.42. The average molecular weight is 434 g/mol. The van der Waals surface area contributed by atoms with Crippen molar-refractivity contribution >= 4 is 27.5 Å². The van der Waals surface area contributed by atoms with E-state index in [1.807, 2.05) is 19.1 Å². The summed E-state index contributed by atoms with van der Waals surface area (Å²) in [5, 5.41) is 4.18. The Labute approximate surface area is 165 Å². The van der Waals surface area contributed by atoms with E-state index in [0.717, 1.165) is 11.1 Å². The predicted molar refractivity (Wildman–Crippen MR) is 104 cm³/mol. The number of ether oxygens (including phenoxy) is 2. The van der Waals surface area contributed by atoms with E-state index < -0.39 is 0 Å². The molecule has 1 aromatic carbocycles. The minimum Gasteiger partial charge on any atom is -0.497 e. The molecule has 0 spiro atoms. The van der Waals surface area contributed by atoms with Crippen molar-refractivity contribution in [2.45, 2.75) is 13.5 Å². The van der Waals surface area contributed by atoms with Crippen LogP contribution in [0.1, 0.15) is 21.7 Å². The third-order valence-electron chi connectivity index (χ3n) is 4.15. The van der Waals surface area contributed by atoms with Crippen LogP contribution in [0.25, 0.3) is 0 Å². The highest BCUT2D eigenvalue weighted by Crippen LogP contribution is 2.29. The van der Waals surface area contributed by atoms with E-state index in [2.05, 4.69) is 21.0 Å². The number of furan rings is 1. The molecule has 2 heterocycles. The number of aryl methyl sites for hydroxylation is 2. The van der Waals surface area contributed by atoms with E-state index in [1.54, 1.807) is 55.4 Å². The summed E-state index contributed by atoms with van der Waals surface area (Å²) in [5.74, 6) is 1.33. The first kappa shape index (κ1) is 19.0. The van der Waals surface area contributed by atoms with E-state index in [1.165, 1.54) is 0 Å². The zero-order valence-electron chi connectivity index (χ0n) is 15.5. The Morgan fingerprint density at radius 3 is 2.63 bits per heavy atom. The molecule has 0 unspecified atom stereocenters. The van der Waals surface area contributed by atoms with Crippen LogP contribution in [0.15, 0.2) is 45.7 Å². The molecule has 1 amide bonds. The summed E-state index contributed by atoms with van der Waals surface area (Å²) < 4.78 is 18.4. The van der Waals surface area contributed by atoms with Gasteiger partial charge in [-0.15, -0.1) is 0 Å². The first-order valence-corrected chi connectivity index (χ1v) is 8.99. The van der Waals surface area contributed by atoms with E-state index in [-0.39, 0.29) is 18.2 Å². The van der Waals surface area contributed by atoms with Crippen LogP contribution >= 0.6 is 15.9 Å². The van der Waals surface area contributed by atoms with Crippen molar-refractivity contribution in [1.29, 1.82) is 0 Å². The fourth-order valence-corrected chi connectivity index (χ4v) is 3.26. The summed E-state index contributed by atoms with van der Waals surface area (Å²) in [4.78, 5) is 14.8. The number of amides is 1. The van der Waals surface area contributed by atoms with Crippen LogP contribution in [0.3, 0.4) is 0 Å². The Bertz CT molecular complexity index is 964. The highest BCUT2D eigenvalue weighted by molar-refractivity contribution is 9.10. The Morgan fingerprint density at radius 2 is 2.07 bits per heavy atom. The predicted octanol–water partition coefficient (Wildman–Crippen LogP) is 3.95. The van der Waals surface area contributed by atoms with Crippen LogP contribution in [0, 0.1) is 6.92 Å². The molecule has 8 heteroatoms. The van der Waals surface area contributed by atoms with Crippen molar-refractivity contribution in [2.75, 3.05) is 19.1 Å². The normalized spacial score (nSPS) is 10.7. The molecule has 0 radical (unpaired) electrons. The maximum atomic E-state index is 13.2. The summed E-state index contributed by atoms with van der Waals surface area (Å²) in [7, 11) is 4.98. The molecule has 2 aromatic heterocycles. The molecule has 0 aliphatic carbocycles. The molecular formula is C19H20BrN3O4. The van der Waals surface area contributed by atoms with E-state index in [0.29, 0.717) is 21.9 Å². The van der Waals surface area contributed by atoms with Crippen LogP contribution in [-0.4, -0.2) is 29.9 Å². The smallest absolute Gasteiger partial charge is 0.294 e. The van der Waals surface area contributed by atoms with Gasteiger partial charge in [0.15, 0.2) is 10.4 Å². The van der Waals surface area contributed by atoms with Crippen LogP contribution in [0.5, 0.6) is 11.5 Å². The van der Waals surface area contributed by atoms with Crippen molar-refractivity contribution in [2.24, 2.45) is 7.05 Å². The van der Waals surface area contributed by atoms with Gasteiger partial charge in [-0.05, 0) is 41.1 Å². The van der Waals surface area contributed by atoms with Crippen LogP contribution in [-0.2, 0) is 13.6 Å². The molecule has 0 N–H and O–H groups in total. The third-order valence-corrected chi connectivity index (χ3v) is 4.54. The van der Waals surface area contributed by atoms with Gasteiger partial charge in [0.1, 0.15) is 11.5 Å². The SMILES string of the molecule is COc1ccc(CN(C(=O)c2oc(Br)cc2C)c2cnn(C)c2)c(OC)c1. The standard InChI is InChI=1S/C19H20BrN3O4/c1-12-7-17(20)27-18(12)19(24)23(14-9-21-22(2)11-14)10-13-5-6-15(25-3)8-16(13)26-4/h5-9,11H,10H2,1-4H3. The Balaban J connectivity index is 2.01. The molecule has 3 rings (SSSR count). The number of benzene rings is 1. The first-order chi connectivity index (χ1) is 12.9. The lowest BCUT2D eigenvalue weighted by atomic mass is 10.1. The number of hydrogen-bond donors (Lipinski definition) is 0. The maximum absolute atomic E-state index is 13.2. The number of methoxy groups -OCH3 is 2. The van der Waals surface area contributed by atoms with Gasteiger partial charge in [-0.2, -0.15) is 5.10 Å². The third kappa shape index (κ3) is 4.00. The van der Waals surface area contributed by atoms with Gasteiger partial charge in [-0.25, -0.2) is 0 Å². The van der Waals surface area contributed by atoms with Crippen molar-refractivity contribution in [3.63, 3.8) is 0 Å². The average Bonchev–Trinajstić information content (AvgIpc) is 3.23. The molecular weight excluding hydrogens is 414 g/mol. The number of halogens is 1. The van der Waals surface area contributed by atoms with Crippen molar-refractivity contribution < 1.29 is 18.7 Å². The van der Waals surface area contributed by atoms with Gasteiger partial charge in [-0.3, -0.25) is 14.4 Å². The van der Waals surface area contributed by atoms with Crippen LogP contribution < -0.4 is 14.4 Å². The Morgan fingerprint density at radius 1 is 1.30 bits per heavy atom. The van der Waals surface area contributed by atoms with Crippen molar-refractivity contribution in [1.82, 2.24) is 9.78 Å². The summed E-state index contributed by atoms with van der Waals surface area (Å²) in [5.41, 5.74) is 2.24. The molecule has 142 valence electrons. The second kappa shape index (κ2) is 7.87. The molecule has 27 heavy (non-hydrogen) atoms. The largest absolute Gasteiger partial charge is 0.497 e. The zero-order valence-corrected chi connectivity index (χ0v) is 17.1. The number of carbonyl (C=O) groups is 1. The van der Waals surface area contributed by atoms with Gasteiger partial charge in [-0.1, -0.05) is 0 Å². The number of aromatic nitrogens is 2. The second-order valence-corrected chi connectivity index (χ2v) is 6.79. The number of carbonyl (C=O) groups excluding carboxylic acids is 1. The van der Waals surface area contributed by atoms with Crippen molar-refractivity contribution in [3.8, 4) is 11.5 Å². The quantitative estimate of drug-likeness (QED) is 0.588. The maximum Gasteiger partial charge on any atom is 0.294 e. The summed E-state index contributed by atoms with van der Waals surface area (Å²) in [6.45, 7) is 2.12. The van der Waals surface area contributed by atoms with Gasteiger partial charge in [0.2, 0.25) is 0 Å². The molecule has 0 fully saturated rings. The fourth-order valence-electron chi connectivity index (χ4n) is 2.76. The lowest BCUT2D eigenvalue weighted by Gasteiger charge is -2.22. The number of anilines is 1. The highest BCUT2D eigenvalue weighted by Gasteiger charge is 2.25. The number of hydrogen-bond acceptors (Lipinski definition) is 5. The molecule has 0 atom stereocenters. The monoisotopic (exact) mass is 433 g/mol. The lowest BCUT2D eigenvalue weighted by molar-refractivity contribution is 0.0956. The van der Waals surface area contributed by atoms with Crippen LogP contribution in [0.2, 0.25) is 0 Å². The molecule has 0 bridgehead atoms. The van der Waals surface area contributed by atoms with E-state index >= 15 is 0 Å². The molecule has 0 saturated carbocycles. The van der Waals surface area contributed by atoms with Crippen molar-refractivity contribution in [3.05, 3.63) is 58.2 Å². The van der Waals surface area contributed by atoms with Gasteiger partial charge >= 0.3 is 0 Å². The topological polar surface area (TPSA) is 69.7 Å². The van der Waals surface area contributed by atoms with Gasteiger partial charge in [0.25, 0.3) is 5.91 Å². The van der Waals surface area contributed by atoms with E-state index in [9.17, 15) is 4.79 Å². The minimum atomic E-state index is -0.260. The lowest BCUT2D eigenvalue weighted by Crippen LogP contribution is -2.30. The summed E-state index contributed by atoms with van der Waals surface area (Å²) >= 11 is 3.28. The van der Waals surface area contributed by atoms with Crippen LogP contribution in [0.4, 0.5) is 5.69 Å². The minimum absolute atomic E-state index is 0.260. The highest BCUT2D eigenvalue weighted by atomic mass is 79.9. The van der Waals surface area contributed by atoms with Gasteiger partial charge < -0.3 is 13.9 Å². The fraction of sp³-hybridized carbons (Fsp3) is 0.263. The molecule has 0 aliphatic heterocycles. The van der Waals surface area contributed by atoms with E-state index in [4.69, 9.17) is 13.9 Å². The molecule has 7 nitrogen and oxygen atoms in total. The van der Waals surface area contributed by atoms with Gasteiger partial charge in [0.05, 0.1) is 32.6 Å². The molecule has 0 aliphatic rings. The second-order valence-electron chi connectivity index (χ2n) is 6.00. The summed E-state index contributed by atoms with van der Waals surface area (Å²) in [6, 6.07) is 7.26. The Hall–Kier alpha value is -2.74. The first-order valence-electron chi connectivity index (χ1n) is 8.20. The zero-order chi connectivity index (χ0) is 19.6. The molecule has 0 saturated heterocycles. The number of nitrogens with zero attached hydrogens (tertiary/aromatic N) is 3.